The molecule has 4 nitrogen and oxygen atoms in total. The molecule has 0 atom stereocenters. The van der Waals surface area contributed by atoms with Gasteiger partial charge in [0.2, 0.25) is 0 Å². The normalized spacial score (nSPS) is 13.5. The minimum Gasteiger partial charge on any atom is -0.290 e. The van der Waals surface area contributed by atoms with Crippen LogP contribution in [0.25, 0.3) is 60.7 Å². The highest BCUT2D eigenvalue weighted by Gasteiger charge is 2.28. The van der Waals surface area contributed by atoms with Crippen LogP contribution in [0.1, 0.15) is 22.3 Å². The average Bonchev–Trinajstić information content (AvgIpc) is 3.58. The number of hydrogen-bond donors (Lipinski definition) is 0. The number of nitrogens with zero attached hydrogens (tertiary/aromatic N) is 4. The number of hydrogen-bond acceptors (Lipinski definition) is 3. The molecule has 4 heterocycles. The highest BCUT2D eigenvalue weighted by Crippen LogP contribution is 2.47. The van der Waals surface area contributed by atoms with E-state index in [0.29, 0.717) is 0 Å². The van der Waals surface area contributed by atoms with Crippen LogP contribution >= 0.6 is 0 Å². The number of benzene rings is 3. The number of fused-ring (bicyclic) bond motifs is 15. The Balaban J connectivity index is 1.36. The Bertz CT molecular complexity index is 2070. The molecule has 2 aliphatic carbocycles. The topological polar surface area (TPSA) is 43.1 Å². The Morgan fingerprint density at radius 1 is 0.657 bits per heavy atom. The first kappa shape index (κ1) is 17.8. The number of pyridine rings is 3. The van der Waals surface area contributed by atoms with Crippen molar-refractivity contribution in [2.45, 2.75) is 12.8 Å². The van der Waals surface area contributed by atoms with Gasteiger partial charge < -0.3 is 0 Å². The van der Waals surface area contributed by atoms with E-state index < -0.39 is 0 Å². The summed E-state index contributed by atoms with van der Waals surface area (Å²) in [6, 6.07) is 24.3. The molecule has 35 heavy (non-hydrogen) atoms. The maximum atomic E-state index is 5.13. The van der Waals surface area contributed by atoms with Crippen LogP contribution in [-0.2, 0) is 12.8 Å². The molecule has 0 amide bonds. The van der Waals surface area contributed by atoms with Crippen LogP contribution in [0.3, 0.4) is 0 Å². The van der Waals surface area contributed by atoms with E-state index in [1.54, 1.807) is 0 Å². The molecule has 7 aromatic rings. The van der Waals surface area contributed by atoms with Gasteiger partial charge in [0.15, 0.2) is 0 Å². The van der Waals surface area contributed by atoms with Crippen molar-refractivity contribution < 1.29 is 0 Å². The maximum absolute atomic E-state index is 5.13. The lowest BCUT2D eigenvalue weighted by atomic mass is 9.96. The van der Waals surface area contributed by atoms with Crippen molar-refractivity contribution in [3.63, 3.8) is 0 Å². The van der Waals surface area contributed by atoms with Crippen LogP contribution in [0, 0.1) is 0 Å². The largest absolute Gasteiger partial charge is 0.290 e. The highest BCUT2D eigenvalue weighted by molar-refractivity contribution is 6.12. The van der Waals surface area contributed by atoms with E-state index in [1.807, 2.05) is 24.7 Å². The van der Waals surface area contributed by atoms with Gasteiger partial charge in [0, 0.05) is 23.2 Å². The van der Waals surface area contributed by atoms with E-state index in [2.05, 4.69) is 70.0 Å². The van der Waals surface area contributed by atoms with E-state index in [1.165, 1.54) is 44.5 Å². The van der Waals surface area contributed by atoms with Crippen LogP contribution in [0.5, 0.6) is 0 Å². The molecule has 4 aromatic heterocycles. The lowest BCUT2D eigenvalue weighted by Gasteiger charge is -2.09. The number of imidazole rings is 1. The zero-order valence-corrected chi connectivity index (χ0v) is 18.8. The summed E-state index contributed by atoms with van der Waals surface area (Å²) in [6.45, 7) is 0. The third kappa shape index (κ3) is 2.15. The molecular formula is C31H18N4. The highest BCUT2D eigenvalue weighted by atomic mass is 15.0. The first-order valence-corrected chi connectivity index (χ1v) is 12.0. The summed E-state index contributed by atoms with van der Waals surface area (Å²) >= 11 is 0. The third-order valence-corrected chi connectivity index (χ3v) is 7.99. The lowest BCUT2D eigenvalue weighted by molar-refractivity contribution is 1.16. The SMILES string of the molecule is c1ccc2c(c1)Cc1c-2ccc2c1Cc1cc3nc4c5cccnc5c5ccncc5n4c3cc1-2. The van der Waals surface area contributed by atoms with Gasteiger partial charge in [-0.1, -0.05) is 36.4 Å². The fourth-order valence-corrected chi connectivity index (χ4v) is 6.47. The molecule has 0 spiro atoms. The van der Waals surface area contributed by atoms with Crippen LogP contribution in [0.15, 0.2) is 85.3 Å². The molecule has 162 valence electrons. The quantitative estimate of drug-likeness (QED) is 0.243. The minimum absolute atomic E-state index is 0.942. The van der Waals surface area contributed by atoms with Crippen molar-refractivity contribution in [2.24, 2.45) is 0 Å². The van der Waals surface area contributed by atoms with Gasteiger partial charge in [0.1, 0.15) is 5.65 Å². The summed E-state index contributed by atoms with van der Waals surface area (Å²) in [5.74, 6) is 0. The van der Waals surface area contributed by atoms with Crippen LogP contribution < -0.4 is 0 Å². The van der Waals surface area contributed by atoms with Gasteiger partial charge in [0.25, 0.3) is 0 Å². The zero-order valence-electron chi connectivity index (χ0n) is 18.8. The van der Waals surface area contributed by atoms with Gasteiger partial charge in [-0.3, -0.25) is 14.4 Å². The molecule has 0 fully saturated rings. The first-order chi connectivity index (χ1) is 17.3. The number of aromatic nitrogens is 4. The third-order valence-electron chi connectivity index (χ3n) is 7.99. The molecule has 0 aliphatic heterocycles. The van der Waals surface area contributed by atoms with Crippen LogP contribution in [0.4, 0.5) is 0 Å². The maximum Gasteiger partial charge on any atom is 0.148 e. The van der Waals surface area contributed by atoms with Crippen LogP contribution in [0.2, 0.25) is 0 Å². The molecule has 9 rings (SSSR count). The molecule has 3 aromatic carbocycles. The summed E-state index contributed by atoms with van der Waals surface area (Å²) in [5.41, 5.74) is 16.4. The van der Waals surface area contributed by atoms with E-state index in [9.17, 15) is 0 Å². The van der Waals surface area contributed by atoms with E-state index in [-0.39, 0.29) is 0 Å². The predicted molar refractivity (Wildman–Crippen MR) is 140 cm³/mol. The molecule has 0 saturated heterocycles. The van der Waals surface area contributed by atoms with Crippen molar-refractivity contribution in [1.82, 2.24) is 19.4 Å². The molecule has 0 radical (unpaired) electrons. The van der Waals surface area contributed by atoms with Crippen molar-refractivity contribution in [3.8, 4) is 22.3 Å². The molecule has 0 bridgehead atoms. The second kappa shape index (κ2) is 6.10. The molecule has 0 N–H and O–H groups in total. The Labute approximate surface area is 200 Å². The van der Waals surface area contributed by atoms with Gasteiger partial charge in [-0.05, 0) is 87.7 Å². The van der Waals surface area contributed by atoms with Gasteiger partial charge in [-0.15, -0.1) is 0 Å². The lowest BCUT2D eigenvalue weighted by Crippen LogP contribution is -1.93. The van der Waals surface area contributed by atoms with Gasteiger partial charge in [-0.25, -0.2) is 4.98 Å². The summed E-state index contributed by atoms with van der Waals surface area (Å²) < 4.78 is 2.27. The summed E-state index contributed by atoms with van der Waals surface area (Å²) in [4.78, 5) is 14.3. The van der Waals surface area contributed by atoms with Gasteiger partial charge in [0.05, 0.1) is 28.3 Å². The van der Waals surface area contributed by atoms with Gasteiger partial charge in [-0.2, -0.15) is 0 Å². The van der Waals surface area contributed by atoms with E-state index >= 15 is 0 Å². The summed E-state index contributed by atoms with van der Waals surface area (Å²) in [6.07, 6.45) is 7.62. The van der Waals surface area contributed by atoms with Crippen molar-refractivity contribution in [1.29, 1.82) is 0 Å². The Hall–Kier alpha value is -4.57. The van der Waals surface area contributed by atoms with Gasteiger partial charge >= 0.3 is 0 Å². The first-order valence-electron chi connectivity index (χ1n) is 12.0. The minimum atomic E-state index is 0.942. The predicted octanol–water partition coefficient (Wildman–Crippen LogP) is 6.73. The van der Waals surface area contributed by atoms with Crippen molar-refractivity contribution >= 4 is 38.5 Å². The second-order valence-corrected chi connectivity index (χ2v) is 9.69. The average molecular weight is 447 g/mol. The monoisotopic (exact) mass is 446 g/mol. The molecule has 0 unspecified atom stereocenters. The van der Waals surface area contributed by atoms with E-state index in [4.69, 9.17) is 9.97 Å². The summed E-state index contributed by atoms with van der Waals surface area (Å²) in [7, 11) is 0. The molecule has 0 saturated carbocycles. The van der Waals surface area contributed by atoms with Crippen molar-refractivity contribution in [2.75, 3.05) is 0 Å². The summed E-state index contributed by atoms with van der Waals surface area (Å²) in [5, 5.41) is 2.16. The fraction of sp³-hybridized carbons (Fsp3) is 0.0645. The Morgan fingerprint density at radius 2 is 1.51 bits per heavy atom. The van der Waals surface area contributed by atoms with E-state index in [0.717, 1.165) is 51.3 Å². The number of rotatable bonds is 0. The Morgan fingerprint density at radius 3 is 2.46 bits per heavy atom. The molecular weight excluding hydrogens is 428 g/mol. The second-order valence-electron chi connectivity index (χ2n) is 9.69. The molecule has 4 heteroatoms. The standard InChI is InChI=1S/C31H18N4/c1-2-5-19-17(4-1)12-25-20(19)7-8-21-24-15-28-27(14-18(24)13-26(21)25)34-31-23-6-3-10-33-30(23)22-9-11-32-16-29(22)35(28)31/h1-11,14-16H,12-13H2. The Kier molecular flexibility index (Phi) is 3.11. The zero-order chi connectivity index (χ0) is 22.7. The fourth-order valence-electron chi connectivity index (χ4n) is 6.47. The molecule has 2 aliphatic rings. The van der Waals surface area contributed by atoms with Crippen molar-refractivity contribution in [3.05, 3.63) is 108 Å². The van der Waals surface area contributed by atoms with Crippen LogP contribution in [-0.4, -0.2) is 19.4 Å². The smallest absolute Gasteiger partial charge is 0.148 e.